The van der Waals surface area contributed by atoms with E-state index in [1.54, 1.807) is 6.92 Å². The molecule has 0 aliphatic rings. The molecule has 0 bridgehead atoms. The SMILES string of the molecule is CCC(=O)CCCOCCOCCC(=O)CCCCCCCCCCCCC(C)=O. The summed E-state index contributed by atoms with van der Waals surface area (Å²) in [5.74, 6) is 0.876. The molecule has 0 saturated carbocycles. The fourth-order valence-electron chi connectivity index (χ4n) is 3.29. The summed E-state index contributed by atoms with van der Waals surface area (Å²) in [6, 6.07) is 0. The van der Waals surface area contributed by atoms with Crippen LogP contribution in [-0.4, -0.2) is 43.8 Å². The Kier molecular flexibility index (Phi) is 21.8. The molecule has 0 rings (SSSR count). The first kappa shape index (κ1) is 28.9. The van der Waals surface area contributed by atoms with Crippen LogP contribution in [0.2, 0.25) is 0 Å². The number of ether oxygens (including phenoxy) is 2. The summed E-state index contributed by atoms with van der Waals surface area (Å²) in [6.45, 7) is 5.64. The van der Waals surface area contributed by atoms with Gasteiger partial charge in [0.1, 0.15) is 17.3 Å². The minimum Gasteiger partial charge on any atom is -0.379 e. The van der Waals surface area contributed by atoms with Gasteiger partial charge in [-0.05, 0) is 26.2 Å². The van der Waals surface area contributed by atoms with Crippen molar-refractivity contribution in [1.82, 2.24) is 0 Å². The molecule has 0 aromatic carbocycles. The van der Waals surface area contributed by atoms with Crippen LogP contribution in [-0.2, 0) is 23.9 Å². The zero-order valence-electron chi connectivity index (χ0n) is 19.7. The number of carbonyl (C=O) groups is 3. The number of rotatable bonds is 24. The van der Waals surface area contributed by atoms with Crippen molar-refractivity contribution in [2.75, 3.05) is 26.4 Å². The molecule has 5 heteroatoms. The Balaban J connectivity index is 3.20. The molecule has 0 fully saturated rings. The Labute approximate surface area is 184 Å². The highest BCUT2D eigenvalue weighted by Gasteiger charge is 2.02. The molecule has 0 aromatic rings. The zero-order chi connectivity index (χ0) is 22.3. The van der Waals surface area contributed by atoms with Crippen molar-refractivity contribution in [2.45, 2.75) is 117 Å². The van der Waals surface area contributed by atoms with Crippen molar-refractivity contribution in [1.29, 1.82) is 0 Å². The Morgan fingerprint density at radius 3 is 1.50 bits per heavy atom. The fraction of sp³-hybridized carbons (Fsp3) is 0.880. The second-order valence-corrected chi connectivity index (χ2v) is 8.25. The van der Waals surface area contributed by atoms with Gasteiger partial charge in [0.15, 0.2) is 0 Å². The van der Waals surface area contributed by atoms with Crippen molar-refractivity contribution < 1.29 is 23.9 Å². The number of Topliss-reactive ketones (excluding diaryl/α,β-unsaturated/α-hetero) is 3. The van der Waals surface area contributed by atoms with E-state index in [9.17, 15) is 14.4 Å². The van der Waals surface area contributed by atoms with Gasteiger partial charge in [-0.1, -0.05) is 58.3 Å². The lowest BCUT2D eigenvalue weighted by Gasteiger charge is -2.06. The number of ketones is 3. The summed E-state index contributed by atoms with van der Waals surface area (Å²) < 4.78 is 10.9. The van der Waals surface area contributed by atoms with E-state index < -0.39 is 0 Å². The molecule has 0 atom stereocenters. The normalized spacial score (nSPS) is 11.0. The second kappa shape index (κ2) is 22.6. The highest BCUT2D eigenvalue weighted by atomic mass is 16.5. The molecule has 0 radical (unpaired) electrons. The van der Waals surface area contributed by atoms with E-state index in [-0.39, 0.29) is 5.78 Å². The molecule has 30 heavy (non-hydrogen) atoms. The average Bonchev–Trinajstić information content (AvgIpc) is 2.72. The average molecular weight is 427 g/mol. The van der Waals surface area contributed by atoms with Crippen LogP contribution in [0.4, 0.5) is 0 Å². The highest BCUT2D eigenvalue weighted by molar-refractivity contribution is 5.78. The van der Waals surface area contributed by atoms with Crippen LogP contribution in [0.5, 0.6) is 0 Å². The lowest BCUT2D eigenvalue weighted by Crippen LogP contribution is -2.09. The molecule has 0 aliphatic carbocycles. The van der Waals surface area contributed by atoms with Gasteiger partial charge in [0, 0.05) is 38.7 Å². The van der Waals surface area contributed by atoms with Crippen LogP contribution in [0.15, 0.2) is 0 Å². The lowest BCUT2D eigenvalue weighted by atomic mass is 10.0. The number of hydrogen-bond donors (Lipinski definition) is 0. The van der Waals surface area contributed by atoms with Crippen LogP contribution in [0.25, 0.3) is 0 Å². The standard InChI is InChI=1S/C25H46O5/c1-3-24(27)17-14-19-29-21-22-30-20-18-25(28)16-13-11-9-7-5-4-6-8-10-12-15-23(2)26/h3-22H2,1-2H3. The third-order valence-electron chi connectivity index (χ3n) is 5.27. The smallest absolute Gasteiger partial charge is 0.135 e. The van der Waals surface area contributed by atoms with Crippen molar-refractivity contribution in [3.63, 3.8) is 0 Å². The van der Waals surface area contributed by atoms with Gasteiger partial charge in [-0.15, -0.1) is 0 Å². The summed E-state index contributed by atoms with van der Waals surface area (Å²) in [4.78, 5) is 33.8. The first-order valence-corrected chi connectivity index (χ1v) is 12.2. The van der Waals surface area contributed by atoms with Crippen molar-refractivity contribution in [2.24, 2.45) is 0 Å². The topological polar surface area (TPSA) is 69.7 Å². The van der Waals surface area contributed by atoms with E-state index in [0.717, 1.165) is 32.1 Å². The lowest BCUT2D eigenvalue weighted by molar-refractivity contribution is -0.120. The van der Waals surface area contributed by atoms with E-state index in [0.29, 0.717) is 63.7 Å². The van der Waals surface area contributed by atoms with E-state index >= 15 is 0 Å². The van der Waals surface area contributed by atoms with Gasteiger partial charge in [0.25, 0.3) is 0 Å². The van der Waals surface area contributed by atoms with E-state index in [2.05, 4.69) is 0 Å². The molecule has 0 aliphatic heterocycles. The zero-order valence-corrected chi connectivity index (χ0v) is 19.7. The summed E-state index contributed by atoms with van der Waals surface area (Å²) in [6.07, 6.45) is 15.8. The maximum Gasteiger partial charge on any atom is 0.135 e. The molecule has 0 heterocycles. The molecule has 5 nitrogen and oxygen atoms in total. The predicted octanol–water partition coefficient (Wildman–Crippen LogP) is 6.01. The van der Waals surface area contributed by atoms with Crippen LogP contribution in [0.1, 0.15) is 117 Å². The van der Waals surface area contributed by atoms with E-state index in [4.69, 9.17) is 9.47 Å². The van der Waals surface area contributed by atoms with Crippen LogP contribution in [0, 0.1) is 0 Å². The van der Waals surface area contributed by atoms with Gasteiger partial charge >= 0.3 is 0 Å². The molecule has 0 saturated heterocycles. The predicted molar refractivity (Wildman–Crippen MR) is 122 cm³/mol. The van der Waals surface area contributed by atoms with Gasteiger partial charge in [-0.25, -0.2) is 0 Å². The summed E-state index contributed by atoms with van der Waals surface area (Å²) >= 11 is 0. The van der Waals surface area contributed by atoms with Gasteiger partial charge in [-0.3, -0.25) is 9.59 Å². The second-order valence-electron chi connectivity index (χ2n) is 8.25. The Morgan fingerprint density at radius 2 is 0.967 bits per heavy atom. The highest BCUT2D eigenvalue weighted by Crippen LogP contribution is 2.12. The van der Waals surface area contributed by atoms with E-state index in [1.807, 2.05) is 6.92 Å². The molecule has 0 amide bonds. The largest absolute Gasteiger partial charge is 0.379 e. The van der Waals surface area contributed by atoms with Gasteiger partial charge < -0.3 is 14.3 Å². The van der Waals surface area contributed by atoms with Crippen LogP contribution < -0.4 is 0 Å². The number of hydrogen-bond acceptors (Lipinski definition) is 5. The minimum atomic E-state index is 0.280. The summed E-state index contributed by atoms with van der Waals surface area (Å²) in [7, 11) is 0. The summed E-state index contributed by atoms with van der Waals surface area (Å²) in [5, 5.41) is 0. The molecule has 0 unspecified atom stereocenters. The third-order valence-corrected chi connectivity index (χ3v) is 5.27. The van der Waals surface area contributed by atoms with Crippen molar-refractivity contribution in [3.8, 4) is 0 Å². The van der Waals surface area contributed by atoms with E-state index in [1.165, 1.54) is 44.9 Å². The molecular weight excluding hydrogens is 380 g/mol. The fourth-order valence-corrected chi connectivity index (χ4v) is 3.29. The Hall–Kier alpha value is -1.07. The maximum atomic E-state index is 11.8. The maximum absolute atomic E-state index is 11.8. The first-order valence-electron chi connectivity index (χ1n) is 12.2. The molecular formula is C25H46O5. The monoisotopic (exact) mass is 426 g/mol. The third kappa shape index (κ3) is 23.2. The molecule has 176 valence electrons. The molecule has 0 spiro atoms. The Morgan fingerprint density at radius 1 is 0.500 bits per heavy atom. The van der Waals surface area contributed by atoms with Crippen LogP contribution in [0.3, 0.4) is 0 Å². The van der Waals surface area contributed by atoms with Gasteiger partial charge in [-0.2, -0.15) is 0 Å². The first-order chi connectivity index (χ1) is 14.6. The van der Waals surface area contributed by atoms with Crippen LogP contribution >= 0.6 is 0 Å². The number of unbranched alkanes of at least 4 members (excludes halogenated alkanes) is 9. The van der Waals surface area contributed by atoms with Gasteiger partial charge in [0.2, 0.25) is 0 Å². The summed E-state index contributed by atoms with van der Waals surface area (Å²) in [5.41, 5.74) is 0. The van der Waals surface area contributed by atoms with Crippen molar-refractivity contribution >= 4 is 17.3 Å². The number of carbonyl (C=O) groups excluding carboxylic acids is 3. The van der Waals surface area contributed by atoms with Crippen molar-refractivity contribution in [3.05, 3.63) is 0 Å². The van der Waals surface area contributed by atoms with Gasteiger partial charge in [0.05, 0.1) is 19.8 Å². The minimum absolute atomic E-state index is 0.280. The Bertz CT molecular complexity index is 433. The molecule has 0 aromatic heterocycles. The molecule has 0 N–H and O–H groups in total. The quantitative estimate of drug-likeness (QED) is 0.177.